The van der Waals surface area contributed by atoms with E-state index in [-0.39, 0.29) is 0 Å². The van der Waals surface area contributed by atoms with Crippen LogP contribution in [0.5, 0.6) is 0 Å². The second-order valence-corrected chi connectivity index (χ2v) is 6.50. The van der Waals surface area contributed by atoms with Crippen molar-refractivity contribution in [1.29, 1.82) is 0 Å². The van der Waals surface area contributed by atoms with Crippen molar-refractivity contribution in [1.82, 2.24) is 5.32 Å². The third-order valence-corrected chi connectivity index (χ3v) is 5.02. The fraction of sp³-hybridized carbons (Fsp3) is 0.412. The monoisotopic (exact) mass is 287 g/mol. The Bertz CT molecular complexity index is 562. The number of ether oxygens (including phenoxy) is 1. The van der Waals surface area contributed by atoms with E-state index in [4.69, 9.17) is 4.74 Å². The topological polar surface area (TPSA) is 21.3 Å². The van der Waals surface area contributed by atoms with Crippen molar-refractivity contribution in [2.45, 2.75) is 18.2 Å². The highest BCUT2D eigenvalue weighted by molar-refractivity contribution is 8.00. The summed E-state index contributed by atoms with van der Waals surface area (Å²) in [5.41, 5.74) is 1.41. The van der Waals surface area contributed by atoms with Crippen LogP contribution in [0.3, 0.4) is 0 Å². The lowest BCUT2D eigenvalue weighted by atomic mass is 9.99. The minimum absolute atomic E-state index is 0.414. The lowest BCUT2D eigenvalue weighted by molar-refractivity contribution is 0.0455. The van der Waals surface area contributed by atoms with Gasteiger partial charge in [-0.15, -0.1) is 0 Å². The van der Waals surface area contributed by atoms with Crippen LogP contribution < -0.4 is 5.32 Å². The first kappa shape index (κ1) is 13.9. The molecule has 0 spiro atoms. The highest BCUT2D eigenvalue weighted by atomic mass is 32.2. The molecule has 0 aliphatic carbocycles. The lowest BCUT2D eigenvalue weighted by Gasteiger charge is -2.28. The number of benzene rings is 2. The van der Waals surface area contributed by atoms with Gasteiger partial charge in [0.15, 0.2) is 0 Å². The number of nitrogens with one attached hydrogen (secondary N) is 1. The van der Waals surface area contributed by atoms with Crippen molar-refractivity contribution in [3.05, 3.63) is 48.0 Å². The van der Waals surface area contributed by atoms with Gasteiger partial charge in [-0.05, 0) is 22.9 Å². The van der Waals surface area contributed by atoms with Crippen molar-refractivity contribution in [3.63, 3.8) is 0 Å². The van der Waals surface area contributed by atoms with Crippen LogP contribution in [0, 0.1) is 0 Å². The van der Waals surface area contributed by atoms with Gasteiger partial charge in [-0.1, -0.05) is 49.4 Å². The molecule has 1 N–H and O–H groups in total. The van der Waals surface area contributed by atoms with Gasteiger partial charge < -0.3 is 10.1 Å². The van der Waals surface area contributed by atoms with Gasteiger partial charge in [0.25, 0.3) is 0 Å². The van der Waals surface area contributed by atoms with Crippen molar-refractivity contribution < 1.29 is 4.74 Å². The maximum Gasteiger partial charge on any atom is 0.0607 e. The van der Waals surface area contributed by atoms with Gasteiger partial charge in [0.2, 0.25) is 0 Å². The summed E-state index contributed by atoms with van der Waals surface area (Å²) < 4.78 is 5.26. The molecule has 1 unspecified atom stereocenters. The smallest absolute Gasteiger partial charge is 0.0607 e. The van der Waals surface area contributed by atoms with Crippen LogP contribution >= 0.6 is 11.8 Å². The molecular weight excluding hydrogens is 266 g/mol. The Kier molecular flexibility index (Phi) is 4.61. The average Bonchev–Trinajstić information content (AvgIpc) is 2.44. The minimum Gasteiger partial charge on any atom is -0.379 e. The molecule has 106 valence electrons. The molecule has 0 amide bonds. The summed E-state index contributed by atoms with van der Waals surface area (Å²) in [7, 11) is 0. The van der Waals surface area contributed by atoms with Crippen LogP contribution in [0.25, 0.3) is 10.8 Å². The molecule has 2 aromatic carbocycles. The molecule has 1 fully saturated rings. The van der Waals surface area contributed by atoms with Gasteiger partial charge in [0.05, 0.1) is 18.5 Å². The number of rotatable bonds is 6. The van der Waals surface area contributed by atoms with Gasteiger partial charge in [0.1, 0.15) is 0 Å². The minimum atomic E-state index is 0.414. The number of hydrogen-bond donors (Lipinski definition) is 1. The predicted octanol–water partition coefficient (Wildman–Crippen LogP) is 3.62. The van der Waals surface area contributed by atoms with E-state index in [1.54, 1.807) is 0 Å². The summed E-state index contributed by atoms with van der Waals surface area (Å²) in [6, 6.07) is 15.7. The number of hydrogen-bond acceptors (Lipinski definition) is 3. The van der Waals surface area contributed by atoms with Crippen LogP contribution in [0.1, 0.15) is 18.5 Å². The van der Waals surface area contributed by atoms with E-state index in [1.807, 2.05) is 11.8 Å². The van der Waals surface area contributed by atoms with E-state index < -0.39 is 0 Å². The van der Waals surface area contributed by atoms with Crippen LogP contribution in [0.4, 0.5) is 0 Å². The zero-order chi connectivity index (χ0) is 13.8. The molecule has 3 rings (SSSR count). The molecule has 1 saturated heterocycles. The fourth-order valence-corrected chi connectivity index (χ4v) is 3.75. The summed E-state index contributed by atoms with van der Waals surface area (Å²) in [5, 5.41) is 7.01. The first-order chi connectivity index (χ1) is 9.88. The van der Waals surface area contributed by atoms with Gasteiger partial charge in [-0.25, -0.2) is 0 Å². The second-order valence-electron chi connectivity index (χ2n) is 5.17. The van der Waals surface area contributed by atoms with E-state index in [9.17, 15) is 0 Å². The molecule has 1 heterocycles. The molecule has 0 bridgehead atoms. The van der Waals surface area contributed by atoms with Crippen LogP contribution in [-0.2, 0) is 4.74 Å². The Balaban J connectivity index is 1.83. The van der Waals surface area contributed by atoms with E-state index in [1.165, 1.54) is 16.3 Å². The van der Waals surface area contributed by atoms with Crippen LogP contribution in [-0.4, -0.2) is 30.8 Å². The molecule has 1 atom stereocenters. The lowest BCUT2D eigenvalue weighted by Crippen LogP contribution is -2.32. The van der Waals surface area contributed by atoms with Gasteiger partial charge in [-0.2, -0.15) is 11.8 Å². The molecule has 1 aliphatic rings. The molecule has 0 radical (unpaired) electrons. The summed E-state index contributed by atoms with van der Waals surface area (Å²) in [4.78, 5) is 0. The Labute approximate surface area is 124 Å². The zero-order valence-corrected chi connectivity index (χ0v) is 12.7. The summed E-state index contributed by atoms with van der Waals surface area (Å²) >= 11 is 2.03. The zero-order valence-electron chi connectivity index (χ0n) is 11.8. The van der Waals surface area contributed by atoms with E-state index in [0.29, 0.717) is 11.3 Å². The molecule has 3 heteroatoms. The summed E-state index contributed by atoms with van der Waals surface area (Å²) in [6.07, 6.45) is 0. The van der Waals surface area contributed by atoms with Crippen molar-refractivity contribution in [2.24, 2.45) is 0 Å². The highest BCUT2D eigenvalue weighted by Gasteiger charge is 2.21. The van der Waals surface area contributed by atoms with Crippen molar-refractivity contribution >= 4 is 22.5 Å². The fourth-order valence-electron chi connectivity index (χ4n) is 2.60. The number of fused-ring (bicyclic) bond motifs is 1. The second kappa shape index (κ2) is 6.61. The van der Waals surface area contributed by atoms with Gasteiger partial charge in [-0.3, -0.25) is 0 Å². The van der Waals surface area contributed by atoms with Crippen molar-refractivity contribution in [3.8, 4) is 0 Å². The maximum absolute atomic E-state index is 5.26. The van der Waals surface area contributed by atoms with E-state index in [2.05, 4.69) is 54.7 Å². The third-order valence-electron chi connectivity index (χ3n) is 3.76. The summed E-state index contributed by atoms with van der Waals surface area (Å²) in [5.74, 6) is 1.11. The molecule has 20 heavy (non-hydrogen) atoms. The Morgan fingerprint density at radius 2 is 2.00 bits per heavy atom. The van der Waals surface area contributed by atoms with Crippen LogP contribution in [0.15, 0.2) is 42.5 Å². The standard InChI is InChI=1S/C17H21NOS/c1-2-18-17(12-20-14-10-19-11-14)16-9-5-7-13-6-3-4-8-15(13)16/h3-9,14,17-18H,2,10-12H2,1H3. The summed E-state index contributed by atoms with van der Waals surface area (Å²) in [6.45, 7) is 5.00. The van der Waals surface area contributed by atoms with Crippen LogP contribution in [0.2, 0.25) is 0 Å². The highest BCUT2D eigenvalue weighted by Crippen LogP contribution is 2.29. The Hall–Kier alpha value is -1.03. The van der Waals surface area contributed by atoms with E-state index >= 15 is 0 Å². The number of thioether (sulfide) groups is 1. The molecular formula is C17H21NOS. The van der Waals surface area contributed by atoms with E-state index in [0.717, 1.165) is 25.5 Å². The Morgan fingerprint density at radius 1 is 1.20 bits per heavy atom. The first-order valence-corrected chi connectivity index (χ1v) is 8.33. The SMILES string of the molecule is CCNC(CSC1COC1)c1cccc2ccccc12. The largest absolute Gasteiger partial charge is 0.379 e. The normalized spacial score (nSPS) is 17.1. The molecule has 0 saturated carbocycles. The first-order valence-electron chi connectivity index (χ1n) is 7.29. The average molecular weight is 287 g/mol. The Morgan fingerprint density at radius 3 is 2.75 bits per heavy atom. The predicted molar refractivity (Wildman–Crippen MR) is 87.4 cm³/mol. The molecule has 0 aromatic heterocycles. The third kappa shape index (κ3) is 3.00. The quantitative estimate of drug-likeness (QED) is 0.877. The molecule has 2 aromatic rings. The van der Waals surface area contributed by atoms with Crippen molar-refractivity contribution in [2.75, 3.05) is 25.5 Å². The maximum atomic E-state index is 5.26. The molecule has 1 aliphatic heterocycles. The molecule has 2 nitrogen and oxygen atoms in total. The van der Waals surface area contributed by atoms with Gasteiger partial charge >= 0.3 is 0 Å². The van der Waals surface area contributed by atoms with Gasteiger partial charge in [0, 0.05) is 11.8 Å².